The zero-order valence-electron chi connectivity index (χ0n) is 11.9. The smallest absolute Gasteiger partial charge is 0.250 e. The van der Waals surface area contributed by atoms with E-state index in [2.05, 4.69) is 20.7 Å². The van der Waals surface area contributed by atoms with Gasteiger partial charge in [0, 0.05) is 6.54 Å². The van der Waals surface area contributed by atoms with E-state index in [0.717, 1.165) is 15.1 Å². The molecule has 0 fully saturated rings. The van der Waals surface area contributed by atoms with Crippen LogP contribution in [0.4, 0.5) is 0 Å². The highest BCUT2D eigenvalue weighted by Crippen LogP contribution is 2.32. The molecule has 1 aromatic carbocycles. The molecule has 23 heavy (non-hydrogen) atoms. The van der Waals surface area contributed by atoms with Gasteiger partial charge in [0.1, 0.15) is 17.4 Å². The highest BCUT2D eigenvalue weighted by atomic mass is 79.9. The molecule has 1 aliphatic heterocycles. The van der Waals surface area contributed by atoms with Crippen molar-refractivity contribution in [3.05, 3.63) is 39.7 Å². The molecule has 9 heteroatoms. The van der Waals surface area contributed by atoms with Gasteiger partial charge in [-0.2, -0.15) is 0 Å². The van der Waals surface area contributed by atoms with Crippen LogP contribution in [0.3, 0.4) is 0 Å². The van der Waals surface area contributed by atoms with Gasteiger partial charge in [0.25, 0.3) is 0 Å². The summed E-state index contributed by atoms with van der Waals surface area (Å²) in [5, 5.41) is 10.2. The predicted molar refractivity (Wildman–Crippen MR) is 89.6 cm³/mol. The van der Waals surface area contributed by atoms with Crippen molar-refractivity contribution in [1.29, 1.82) is 0 Å². The van der Waals surface area contributed by atoms with Crippen LogP contribution in [-0.2, 0) is 10.0 Å². The molecule has 0 radical (unpaired) electrons. The SMILES string of the molecule is O=S(=O)(NC[C@@H](O)c1ccc2c(c1)OCCO2)c1ccc(Br)s1. The summed E-state index contributed by atoms with van der Waals surface area (Å²) in [7, 11) is -3.64. The van der Waals surface area contributed by atoms with Crippen molar-refractivity contribution >= 4 is 37.3 Å². The number of halogens is 1. The lowest BCUT2D eigenvalue weighted by Gasteiger charge is -2.20. The van der Waals surface area contributed by atoms with Gasteiger partial charge in [0.05, 0.1) is 9.89 Å². The number of nitrogens with one attached hydrogen (secondary N) is 1. The highest BCUT2D eigenvalue weighted by molar-refractivity contribution is 9.11. The van der Waals surface area contributed by atoms with Crippen molar-refractivity contribution in [3.63, 3.8) is 0 Å². The Morgan fingerprint density at radius 3 is 2.65 bits per heavy atom. The quantitative estimate of drug-likeness (QED) is 0.776. The average molecular weight is 420 g/mol. The van der Waals surface area contributed by atoms with Gasteiger partial charge in [0.2, 0.25) is 10.0 Å². The molecule has 2 aromatic rings. The standard InChI is InChI=1S/C14H14BrNO5S2/c15-13-3-4-14(22-13)23(18,19)16-8-10(17)9-1-2-11-12(7-9)21-6-5-20-11/h1-4,7,10,16-17H,5-6,8H2/t10-/m1/s1. The lowest BCUT2D eigenvalue weighted by Crippen LogP contribution is -2.28. The molecule has 1 aromatic heterocycles. The van der Waals surface area contributed by atoms with Crippen LogP contribution in [0.2, 0.25) is 0 Å². The van der Waals surface area contributed by atoms with Gasteiger partial charge >= 0.3 is 0 Å². The predicted octanol–water partition coefficient (Wildman–Crippen LogP) is 2.29. The number of sulfonamides is 1. The van der Waals surface area contributed by atoms with E-state index in [0.29, 0.717) is 30.3 Å². The number of rotatable bonds is 5. The molecular formula is C14H14BrNO5S2. The van der Waals surface area contributed by atoms with Crippen molar-refractivity contribution in [3.8, 4) is 11.5 Å². The Morgan fingerprint density at radius 1 is 1.22 bits per heavy atom. The normalized spacial score (nSPS) is 15.4. The summed E-state index contributed by atoms with van der Waals surface area (Å²) >= 11 is 4.34. The summed E-state index contributed by atoms with van der Waals surface area (Å²) in [5.41, 5.74) is 0.560. The van der Waals surface area contributed by atoms with Crippen LogP contribution in [0.1, 0.15) is 11.7 Å². The monoisotopic (exact) mass is 419 g/mol. The molecule has 1 aliphatic rings. The molecule has 124 valence electrons. The Kier molecular flexibility index (Phi) is 4.93. The summed E-state index contributed by atoms with van der Waals surface area (Å²) in [5.74, 6) is 1.18. The van der Waals surface area contributed by atoms with Crippen molar-refractivity contribution in [2.45, 2.75) is 10.3 Å². The number of hydrogen-bond acceptors (Lipinski definition) is 6. The molecule has 2 heterocycles. The summed E-state index contributed by atoms with van der Waals surface area (Å²) in [6, 6.07) is 8.23. The van der Waals surface area contributed by atoms with Crippen LogP contribution in [0.15, 0.2) is 38.3 Å². The molecule has 0 aliphatic carbocycles. The van der Waals surface area contributed by atoms with Crippen molar-refractivity contribution < 1.29 is 23.0 Å². The van der Waals surface area contributed by atoms with Crippen molar-refractivity contribution in [2.24, 2.45) is 0 Å². The minimum atomic E-state index is -3.64. The summed E-state index contributed by atoms with van der Waals surface area (Å²) < 4.78 is 38.5. The van der Waals surface area contributed by atoms with E-state index < -0.39 is 16.1 Å². The van der Waals surface area contributed by atoms with Crippen LogP contribution in [0.5, 0.6) is 11.5 Å². The van der Waals surface area contributed by atoms with Crippen molar-refractivity contribution in [2.75, 3.05) is 19.8 Å². The Morgan fingerprint density at radius 2 is 1.96 bits per heavy atom. The molecule has 0 bridgehead atoms. The Balaban J connectivity index is 1.68. The van der Waals surface area contributed by atoms with Crippen LogP contribution >= 0.6 is 27.3 Å². The Hall–Kier alpha value is -1.13. The second-order valence-corrected chi connectivity index (χ2v) is 9.29. The molecule has 0 spiro atoms. The maximum Gasteiger partial charge on any atom is 0.250 e. The van der Waals surface area contributed by atoms with Crippen LogP contribution in [0.25, 0.3) is 0 Å². The zero-order valence-corrected chi connectivity index (χ0v) is 15.1. The number of thiophene rings is 1. The van der Waals surface area contributed by atoms with E-state index in [9.17, 15) is 13.5 Å². The van der Waals surface area contributed by atoms with Gasteiger partial charge in [-0.1, -0.05) is 6.07 Å². The first-order chi connectivity index (χ1) is 11.0. The largest absolute Gasteiger partial charge is 0.486 e. The Bertz CT molecular complexity index is 805. The van der Waals surface area contributed by atoms with E-state index in [4.69, 9.17) is 9.47 Å². The Labute approximate surface area is 146 Å². The van der Waals surface area contributed by atoms with E-state index in [1.807, 2.05) is 0 Å². The number of fused-ring (bicyclic) bond motifs is 1. The van der Waals surface area contributed by atoms with Gasteiger partial charge in [-0.25, -0.2) is 13.1 Å². The molecule has 0 amide bonds. The maximum absolute atomic E-state index is 12.1. The summed E-state index contributed by atoms with van der Waals surface area (Å²) in [6.45, 7) is 0.814. The van der Waals surface area contributed by atoms with Gasteiger partial charge < -0.3 is 14.6 Å². The third-order valence-corrected chi connectivity index (χ3v) is 6.77. The van der Waals surface area contributed by atoms with Crippen LogP contribution in [-0.4, -0.2) is 33.3 Å². The summed E-state index contributed by atoms with van der Waals surface area (Å²) in [4.78, 5) is 0. The number of hydrogen-bond donors (Lipinski definition) is 2. The first-order valence-corrected chi connectivity index (χ1v) is 9.87. The molecule has 2 N–H and O–H groups in total. The molecular weight excluding hydrogens is 406 g/mol. The van der Waals surface area contributed by atoms with E-state index in [-0.39, 0.29) is 10.8 Å². The fourth-order valence-corrected chi connectivity index (χ4v) is 5.18. The van der Waals surface area contributed by atoms with E-state index >= 15 is 0 Å². The first-order valence-electron chi connectivity index (χ1n) is 6.78. The van der Waals surface area contributed by atoms with E-state index in [1.165, 1.54) is 6.07 Å². The zero-order chi connectivity index (χ0) is 16.4. The second kappa shape index (κ2) is 6.78. The second-order valence-electron chi connectivity index (χ2n) is 4.83. The molecule has 0 saturated heterocycles. The van der Waals surface area contributed by atoms with Crippen LogP contribution in [0, 0.1) is 0 Å². The molecule has 3 rings (SSSR count). The van der Waals surface area contributed by atoms with Gasteiger partial charge in [-0.3, -0.25) is 0 Å². The lowest BCUT2D eigenvalue weighted by molar-refractivity contribution is 0.165. The van der Waals surface area contributed by atoms with Crippen LogP contribution < -0.4 is 14.2 Å². The number of aliphatic hydroxyl groups is 1. The van der Waals surface area contributed by atoms with Gasteiger partial charge in [-0.05, 0) is 45.8 Å². The van der Waals surface area contributed by atoms with Crippen molar-refractivity contribution in [1.82, 2.24) is 4.72 Å². The molecule has 6 nitrogen and oxygen atoms in total. The number of benzene rings is 1. The maximum atomic E-state index is 12.1. The minimum absolute atomic E-state index is 0.127. The first kappa shape index (κ1) is 16.7. The number of ether oxygens (including phenoxy) is 2. The molecule has 0 saturated carbocycles. The summed E-state index contributed by atoms with van der Waals surface area (Å²) in [6.07, 6.45) is -0.982. The number of aliphatic hydroxyl groups excluding tert-OH is 1. The van der Waals surface area contributed by atoms with Gasteiger partial charge in [0.15, 0.2) is 11.5 Å². The lowest BCUT2D eigenvalue weighted by atomic mass is 10.1. The average Bonchev–Trinajstić information content (AvgIpc) is 2.99. The topological polar surface area (TPSA) is 84.9 Å². The van der Waals surface area contributed by atoms with E-state index in [1.54, 1.807) is 24.3 Å². The highest BCUT2D eigenvalue weighted by Gasteiger charge is 2.20. The minimum Gasteiger partial charge on any atom is -0.486 e. The third-order valence-electron chi connectivity index (χ3n) is 3.23. The third kappa shape index (κ3) is 3.86. The molecule has 1 atom stereocenters. The van der Waals surface area contributed by atoms with Gasteiger partial charge in [-0.15, -0.1) is 11.3 Å². The molecule has 0 unspecified atom stereocenters. The fourth-order valence-electron chi connectivity index (χ4n) is 2.09. The fraction of sp³-hybridized carbons (Fsp3) is 0.286.